The first-order valence-electron chi connectivity index (χ1n) is 2.75. The van der Waals surface area contributed by atoms with Gasteiger partial charge in [0.25, 0.3) is 0 Å². The predicted octanol–water partition coefficient (Wildman–Crippen LogP) is -0.178. The van der Waals surface area contributed by atoms with E-state index in [2.05, 4.69) is 0 Å². The molecule has 9 heteroatoms. The van der Waals surface area contributed by atoms with Crippen molar-refractivity contribution in [3.63, 3.8) is 0 Å². The summed E-state index contributed by atoms with van der Waals surface area (Å²) >= 11 is 0. The first kappa shape index (κ1) is 12.9. The van der Waals surface area contributed by atoms with E-state index in [0.717, 1.165) is 0 Å². The summed E-state index contributed by atoms with van der Waals surface area (Å²) in [7, 11) is 1.78. The minimum atomic E-state index is -1.63. The molecule has 0 bridgehead atoms. The molecule has 0 aromatic rings. The minimum Gasteiger partial charge on any atom is -0.479 e. The average molecular weight is 246 g/mol. The highest BCUT2D eigenvalue weighted by Crippen LogP contribution is 2.38. The molecule has 0 aliphatic heterocycles. The zero-order valence-corrected chi connectivity index (χ0v) is 8.43. The van der Waals surface area contributed by atoms with Crippen molar-refractivity contribution in [1.82, 2.24) is 0 Å². The number of aliphatic carboxylic acids is 2. The Hall–Kier alpha value is -0.0900. The molecule has 0 amide bonds. The quantitative estimate of drug-likeness (QED) is 0.374. The first-order chi connectivity index (χ1) is 5.95. The van der Waals surface area contributed by atoms with Crippen molar-refractivity contribution in [2.75, 3.05) is 0 Å². The van der Waals surface area contributed by atoms with E-state index in [1.807, 2.05) is 0 Å². The van der Waals surface area contributed by atoms with Crippen LogP contribution in [-0.4, -0.2) is 43.2 Å². The van der Waals surface area contributed by atoms with Crippen LogP contribution in [0.15, 0.2) is 0 Å². The second-order valence-electron chi connectivity index (χ2n) is 1.64. The van der Waals surface area contributed by atoms with Gasteiger partial charge in [-0.05, 0) is 31.4 Å². The molecule has 6 nitrogen and oxygen atoms in total. The van der Waals surface area contributed by atoms with Crippen LogP contribution in [0, 0.1) is 0 Å². The molecule has 4 N–H and O–H groups in total. The number of rotatable bonds is 6. The zero-order valence-electron chi connectivity index (χ0n) is 5.98. The lowest BCUT2D eigenvalue weighted by Gasteiger charge is -2.05. The summed E-state index contributed by atoms with van der Waals surface area (Å²) in [6.45, 7) is 0. The van der Waals surface area contributed by atoms with Crippen molar-refractivity contribution in [2.24, 2.45) is 0 Å². The highest BCUT2D eigenvalue weighted by atomic mass is 33.5. The van der Waals surface area contributed by atoms with Gasteiger partial charge in [-0.2, -0.15) is 0 Å². The van der Waals surface area contributed by atoms with Crippen molar-refractivity contribution >= 4 is 43.4 Å². The third-order valence-corrected chi connectivity index (χ3v) is 4.59. The Labute approximate surface area is 84.5 Å². The fourth-order valence-electron chi connectivity index (χ4n) is 0.179. The number of hydrogen-bond donors (Lipinski definition) is 4. The van der Waals surface area contributed by atoms with Crippen LogP contribution >= 0.6 is 31.4 Å². The van der Waals surface area contributed by atoms with Gasteiger partial charge < -0.3 is 20.4 Å². The van der Waals surface area contributed by atoms with Crippen molar-refractivity contribution in [2.45, 2.75) is 10.9 Å². The molecule has 2 unspecified atom stereocenters. The van der Waals surface area contributed by atoms with E-state index >= 15 is 0 Å². The molecule has 0 aromatic heterocycles. The molecular weight excluding hydrogens is 240 g/mol. The SMILES string of the molecule is O=C(O)C(O)SSSC(O)C(=O)O. The van der Waals surface area contributed by atoms with E-state index in [4.69, 9.17) is 20.4 Å². The van der Waals surface area contributed by atoms with Crippen LogP contribution < -0.4 is 0 Å². The molecule has 13 heavy (non-hydrogen) atoms. The third kappa shape index (κ3) is 6.05. The van der Waals surface area contributed by atoms with Gasteiger partial charge in [-0.3, -0.25) is 0 Å². The van der Waals surface area contributed by atoms with E-state index in [9.17, 15) is 9.59 Å². The highest BCUT2D eigenvalue weighted by Gasteiger charge is 2.18. The summed E-state index contributed by atoms with van der Waals surface area (Å²) in [5.41, 5.74) is -3.25. The van der Waals surface area contributed by atoms with Crippen LogP contribution in [0.5, 0.6) is 0 Å². The molecule has 0 radical (unpaired) electrons. The van der Waals surface area contributed by atoms with Crippen LogP contribution in [0.1, 0.15) is 0 Å². The molecule has 0 saturated heterocycles. The van der Waals surface area contributed by atoms with Gasteiger partial charge in [0.1, 0.15) is 0 Å². The smallest absolute Gasteiger partial charge is 0.344 e. The summed E-state index contributed by atoms with van der Waals surface area (Å²) in [4.78, 5) is 20.1. The monoisotopic (exact) mass is 246 g/mol. The number of carboxylic acid groups (broad SMARTS) is 2. The van der Waals surface area contributed by atoms with Gasteiger partial charge in [0.05, 0.1) is 0 Å². The molecule has 0 saturated carbocycles. The molecule has 2 atom stereocenters. The fourth-order valence-corrected chi connectivity index (χ4v) is 3.36. The van der Waals surface area contributed by atoms with Crippen LogP contribution in [-0.2, 0) is 9.59 Å². The van der Waals surface area contributed by atoms with Crippen molar-refractivity contribution < 1.29 is 30.0 Å². The second kappa shape index (κ2) is 6.38. The summed E-state index contributed by atoms with van der Waals surface area (Å²) in [5, 5.41) is 33.7. The molecule has 0 fully saturated rings. The Morgan fingerprint density at radius 2 is 1.23 bits per heavy atom. The summed E-state index contributed by atoms with van der Waals surface area (Å²) in [5.74, 6) is -2.83. The number of carbonyl (C=O) groups is 2. The molecule has 76 valence electrons. The van der Waals surface area contributed by atoms with Crippen LogP contribution in [0.25, 0.3) is 0 Å². The normalized spacial score (nSPS) is 14.9. The first-order valence-corrected chi connectivity index (χ1v) is 6.36. The number of aliphatic hydroxyl groups is 2. The standard InChI is InChI=1S/C4H6O6S3/c5-1(6)3(9)11-13-12-4(10)2(7)8/h3-4,9-10H,(H,5,6)(H,7,8). The van der Waals surface area contributed by atoms with E-state index in [1.165, 1.54) is 0 Å². The van der Waals surface area contributed by atoms with Gasteiger partial charge in [0.2, 0.25) is 10.9 Å². The Kier molecular flexibility index (Phi) is 6.33. The van der Waals surface area contributed by atoms with Gasteiger partial charge in [0.15, 0.2) is 0 Å². The van der Waals surface area contributed by atoms with Crippen molar-refractivity contribution in [1.29, 1.82) is 0 Å². The van der Waals surface area contributed by atoms with Gasteiger partial charge in [0, 0.05) is 0 Å². The third-order valence-electron chi connectivity index (χ3n) is 0.683. The van der Waals surface area contributed by atoms with E-state index < -0.39 is 22.8 Å². The lowest BCUT2D eigenvalue weighted by molar-refractivity contribution is -0.142. The Morgan fingerprint density at radius 3 is 1.46 bits per heavy atom. The molecule has 0 spiro atoms. The van der Waals surface area contributed by atoms with Gasteiger partial charge in [-0.15, -0.1) is 0 Å². The zero-order chi connectivity index (χ0) is 10.4. The second-order valence-corrected chi connectivity index (χ2v) is 5.84. The Morgan fingerprint density at radius 1 is 0.923 bits per heavy atom. The van der Waals surface area contributed by atoms with Crippen molar-refractivity contribution in [3.05, 3.63) is 0 Å². The topological polar surface area (TPSA) is 115 Å². The lowest BCUT2D eigenvalue weighted by atomic mass is 10.7. The molecule has 0 aliphatic carbocycles. The highest BCUT2D eigenvalue weighted by molar-refractivity contribution is 9.09. The van der Waals surface area contributed by atoms with Gasteiger partial charge >= 0.3 is 11.9 Å². The minimum absolute atomic E-state index is 0.543. The number of carboxylic acids is 2. The summed E-state index contributed by atoms with van der Waals surface area (Å²) in [6, 6.07) is 0. The van der Waals surface area contributed by atoms with Crippen LogP contribution in [0.3, 0.4) is 0 Å². The maximum absolute atomic E-state index is 10.0. The molecule has 0 aliphatic rings. The van der Waals surface area contributed by atoms with E-state index in [0.29, 0.717) is 31.4 Å². The van der Waals surface area contributed by atoms with E-state index in [-0.39, 0.29) is 0 Å². The maximum atomic E-state index is 10.0. The maximum Gasteiger partial charge on any atom is 0.344 e. The predicted molar refractivity (Wildman–Crippen MR) is 50.1 cm³/mol. The molecule has 0 rings (SSSR count). The molecular formula is C4H6O6S3. The van der Waals surface area contributed by atoms with Crippen LogP contribution in [0.2, 0.25) is 0 Å². The van der Waals surface area contributed by atoms with E-state index in [1.54, 1.807) is 0 Å². The summed E-state index contributed by atoms with van der Waals surface area (Å²) in [6.07, 6.45) is 0. The molecule has 0 aromatic carbocycles. The lowest BCUT2D eigenvalue weighted by Crippen LogP contribution is -2.15. The summed E-state index contributed by atoms with van der Waals surface area (Å²) < 4.78 is 0. The number of aliphatic hydroxyl groups excluding tert-OH is 2. The Bertz CT molecular complexity index is 176. The Balaban J connectivity index is 3.56. The average Bonchev–Trinajstić information content (AvgIpc) is 2.03. The van der Waals surface area contributed by atoms with Gasteiger partial charge in [-0.25, -0.2) is 9.59 Å². The largest absolute Gasteiger partial charge is 0.479 e. The molecule has 0 heterocycles. The number of hydrogen-bond acceptors (Lipinski definition) is 7. The van der Waals surface area contributed by atoms with Crippen LogP contribution in [0.4, 0.5) is 0 Å². The van der Waals surface area contributed by atoms with Crippen molar-refractivity contribution in [3.8, 4) is 0 Å². The fraction of sp³-hybridized carbons (Fsp3) is 0.500. The van der Waals surface area contributed by atoms with Gasteiger partial charge in [-0.1, -0.05) is 0 Å².